The molecule has 18 heavy (non-hydrogen) atoms. The number of hydrogen-bond donors (Lipinski definition) is 0. The number of hydrogen-bond acceptors (Lipinski definition) is 1. The van der Waals surface area contributed by atoms with Crippen LogP contribution in [0.15, 0.2) is 42.5 Å². The minimum Gasteiger partial charge on any atom is -0.618 e. The molecule has 0 saturated heterocycles. The van der Waals surface area contributed by atoms with E-state index in [1.54, 1.807) is 18.3 Å². The summed E-state index contributed by atoms with van der Waals surface area (Å²) in [6, 6.07) is 13.0. The van der Waals surface area contributed by atoms with Crippen molar-refractivity contribution in [1.29, 1.82) is 0 Å². The zero-order valence-corrected chi connectivity index (χ0v) is 11.1. The lowest BCUT2D eigenvalue weighted by atomic mass is 10.1. The monoisotopic (exact) mass is 259 g/mol. The van der Waals surface area contributed by atoms with Gasteiger partial charge in [0.05, 0.1) is 0 Å². The van der Waals surface area contributed by atoms with Crippen LogP contribution >= 0.6 is 11.6 Å². The first-order valence-corrected chi connectivity index (χ1v) is 6.08. The van der Waals surface area contributed by atoms with Gasteiger partial charge in [-0.3, -0.25) is 0 Å². The summed E-state index contributed by atoms with van der Waals surface area (Å²) in [7, 11) is 0. The van der Waals surface area contributed by atoms with Crippen molar-refractivity contribution in [3.8, 4) is 0 Å². The Balaban J connectivity index is 2.38. The Morgan fingerprint density at radius 2 is 1.89 bits per heavy atom. The molecule has 0 aliphatic rings. The Hall–Kier alpha value is -1.80. The smallest absolute Gasteiger partial charge is 0.216 e. The van der Waals surface area contributed by atoms with E-state index in [1.165, 1.54) is 0 Å². The molecule has 0 fully saturated rings. The first-order chi connectivity index (χ1) is 8.56. The van der Waals surface area contributed by atoms with Gasteiger partial charge in [-0.05, 0) is 43.2 Å². The quantitative estimate of drug-likeness (QED) is 0.343. The highest BCUT2D eigenvalue weighted by Crippen LogP contribution is 2.16. The van der Waals surface area contributed by atoms with Gasteiger partial charge in [-0.1, -0.05) is 23.7 Å². The fraction of sp³-hybridized carbons (Fsp3) is 0.133. The summed E-state index contributed by atoms with van der Waals surface area (Å²) in [5.74, 6) is 0. The van der Waals surface area contributed by atoms with Gasteiger partial charge in [0.1, 0.15) is 0 Å². The Morgan fingerprint density at radius 1 is 1.11 bits per heavy atom. The summed E-state index contributed by atoms with van der Waals surface area (Å²) in [6.45, 7) is 3.90. The molecule has 2 aromatic carbocycles. The maximum absolute atomic E-state index is 12.0. The number of benzene rings is 2. The maximum atomic E-state index is 12.0. The van der Waals surface area contributed by atoms with Crippen molar-refractivity contribution in [2.24, 2.45) is 0 Å². The molecule has 0 heterocycles. The summed E-state index contributed by atoms with van der Waals surface area (Å²) in [6.07, 6.45) is 1.57. The van der Waals surface area contributed by atoms with Crippen LogP contribution in [0.1, 0.15) is 16.7 Å². The summed E-state index contributed by atoms with van der Waals surface area (Å²) in [5.41, 5.74) is 3.55. The number of rotatable bonds is 2. The molecule has 2 nitrogen and oxygen atoms in total. The standard InChI is InChI=1S/C15H14ClNO/c1-11-4-3-5-15(8-11)17(18)10-13-6-7-14(16)9-12(13)2/h3-10H,1-2H3. The van der Waals surface area contributed by atoms with E-state index >= 15 is 0 Å². The van der Waals surface area contributed by atoms with Crippen molar-refractivity contribution in [2.45, 2.75) is 13.8 Å². The first kappa shape index (κ1) is 12.7. The minimum atomic E-state index is 0.629. The third-order valence-electron chi connectivity index (χ3n) is 2.74. The molecule has 0 aromatic heterocycles. The summed E-state index contributed by atoms with van der Waals surface area (Å²) in [4.78, 5) is 0. The van der Waals surface area contributed by atoms with E-state index in [4.69, 9.17) is 11.6 Å². The van der Waals surface area contributed by atoms with Gasteiger partial charge < -0.3 is 5.21 Å². The normalized spacial score (nSPS) is 11.6. The van der Waals surface area contributed by atoms with Crippen LogP contribution in [0.25, 0.3) is 0 Å². The second kappa shape index (κ2) is 5.23. The molecule has 0 spiro atoms. The second-order valence-corrected chi connectivity index (χ2v) is 4.73. The maximum Gasteiger partial charge on any atom is 0.216 e. The topological polar surface area (TPSA) is 26.1 Å². The fourth-order valence-electron chi connectivity index (χ4n) is 1.75. The lowest BCUT2D eigenvalue weighted by Crippen LogP contribution is -2.00. The van der Waals surface area contributed by atoms with Gasteiger partial charge in [0.15, 0.2) is 6.21 Å². The van der Waals surface area contributed by atoms with E-state index in [9.17, 15) is 5.21 Å². The molecule has 0 N–H and O–H groups in total. The first-order valence-electron chi connectivity index (χ1n) is 5.70. The van der Waals surface area contributed by atoms with Crippen LogP contribution in [0, 0.1) is 19.1 Å². The molecule has 2 rings (SSSR count). The molecular weight excluding hydrogens is 246 g/mol. The van der Waals surface area contributed by atoms with Gasteiger partial charge in [0, 0.05) is 22.7 Å². The Labute approximate surface area is 112 Å². The van der Waals surface area contributed by atoms with Crippen LogP contribution in [0.5, 0.6) is 0 Å². The zero-order chi connectivity index (χ0) is 13.1. The van der Waals surface area contributed by atoms with Crippen molar-refractivity contribution in [2.75, 3.05) is 0 Å². The average Bonchev–Trinajstić information content (AvgIpc) is 2.32. The highest BCUT2D eigenvalue weighted by molar-refractivity contribution is 6.30. The number of nitrogens with zero attached hydrogens (tertiary/aromatic N) is 1. The number of halogens is 1. The van der Waals surface area contributed by atoms with E-state index in [1.807, 2.05) is 44.2 Å². The molecule has 0 bridgehead atoms. The molecule has 92 valence electrons. The van der Waals surface area contributed by atoms with Gasteiger partial charge in [-0.15, -0.1) is 0 Å². The van der Waals surface area contributed by atoms with Crippen molar-refractivity contribution >= 4 is 23.5 Å². The highest BCUT2D eigenvalue weighted by Gasteiger charge is 2.04. The third kappa shape index (κ3) is 2.90. The molecule has 3 heteroatoms. The molecule has 2 aromatic rings. The minimum absolute atomic E-state index is 0.629. The third-order valence-corrected chi connectivity index (χ3v) is 2.98. The molecule has 0 saturated carbocycles. The number of aryl methyl sites for hydroxylation is 2. The SMILES string of the molecule is Cc1cccc([N+]([O-])=Cc2ccc(Cl)cc2C)c1. The van der Waals surface area contributed by atoms with Gasteiger partial charge in [-0.2, -0.15) is 4.74 Å². The largest absolute Gasteiger partial charge is 0.618 e. The van der Waals surface area contributed by atoms with Gasteiger partial charge in [-0.25, -0.2) is 0 Å². The molecule has 0 radical (unpaired) electrons. The average molecular weight is 260 g/mol. The summed E-state index contributed by atoms with van der Waals surface area (Å²) < 4.78 is 0.878. The predicted molar refractivity (Wildman–Crippen MR) is 75.8 cm³/mol. The summed E-state index contributed by atoms with van der Waals surface area (Å²) >= 11 is 5.89. The molecule has 0 amide bonds. The molecule has 0 unspecified atom stereocenters. The van der Waals surface area contributed by atoms with Gasteiger partial charge >= 0.3 is 0 Å². The van der Waals surface area contributed by atoms with Crippen molar-refractivity contribution < 1.29 is 4.74 Å². The van der Waals surface area contributed by atoms with E-state index in [0.29, 0.717) is 10.7 Å². The lowest BCUT2D eigenvalue weighted by Gasteiger charge is -2.05. The van der Waals surface area contributed by atoms with Crippen LogP contribution in [0.4, 0.5) is 5.69 Å². The van der Waals surface area contributed by atoms with Gasteiger partial charge in [0.2, 0.25) is 5.69 Å². The van der Waals surface area contributed by atoms with Crippen LogP contribution in [-0.4, -0.2) is 11.0 Å². The van der Waals surface area contributed by atoms with E-state index < -0.39 is 0 Å². The van der Waals surface area contributed by atoms with Crippen LogP contribution in [0.3, 0.4) is 0 Å². The van der Waals surface area contributed by atoms with Gasteiger partial charge in [0.25, 0.3) is 0 Å². The van der Waals surface area contributed by atoms with Crippen molar-refractivity contribution in [1.82, 2.24) is 0 Å². The van der Waals surface area contributed by atoms with Crippen molar-refractivity contribution in [3.05, 3.63) is 69.4 Å². The Bertz CT molecular complexity index is 605. The van der Waals surface area contributed by atoms with Crippen LogP contribution < -0.4 is 0 Å². The van der Waals surface area contributed by atoms with E-state index in [0.717, 1.165) is 21.4 Å². The fourth-order valence-corrected chi connectivity index (χ4v) is 1.98. The Morgan fingerprint density at radius 3 is 2.56 bits per heavy atom. The van der Waals surface area contributed by atoms with Crippen LogP contribution in [0.2, 0.25) is 5.02 Å². The lowest BCUT2D eigenvalue weighted by molar-refractivity contribution is -0.354. The zero-order valence-electron chi connectivity index (χ0n) is 10.4. The molecule has 0 aliphatic carbocycles. The predicted octanol–water partition coefficient (Wildman–Crippen LogP) is 4.22. The molecular formula is C15H14ClNO. The summed E-state index contributed by atoms with van der Waals surface area (Å²) in [5, 5.41) is 12.7. The van der Waals surface area contributed by atoms with E-state index in [2.05, 4.69) is 0 Å². The van der Waals surface area contributed by atoms with Crippen molar-refractivity contribution in [3.63, 3.8) is 0 Å². The molecule has 0 atom stereocenters. The highest BCUT2D eigenvalue weighted by atomic mass is 35.5. The van der Waals surface area contributed by atoms with Crippen LogP contribution in [-0.2, 0) is 0 Å². The second-order valence-electron chi connectivity index (χ2n) is 4.29. The van der Waals surface area contributed by atoms with E-state index in [-0.39, 0.29) is 0 Å². The Kier molecular flexibility index (Phi) is 3.68. The molecule has 0 aliphatic heterocycles.